The molecule has 0 saturated heterocycles. The lowest BCUT2D eigenvalue weighted by Gasteiger charge is -2.10. The Morgan fingerprint density at radius 3 is 1.48 bits per heavy atom. The summed E-state index contributed by atoms with van der Waals surface area (Å²) in [6.45, 7) is 17.0. The molecule has 4 rings (SSSR count). The molecule has 10 nitrogen and oxygen atoms in total. The molecule has 0 saturated carbocycles. The second-order valence-corrected chi connectivity index (χ2v) is 11.9. The van der Waals surface area contributed by atoms with Gasteiger partial charge in [0.1, 0.15) is 21.5 Å². The zero-order chi connectivity index (χ0) is 33.6. The van der Waals surface area contributed by atoms with Gasteiger partial charge in [0, 0.05) is 11.1 Å². The van der Waals surface area contributed by atoms with Crippen LogP contribution in [0.2, 0.25) is 0 Å². The van der Waals surface area contributed by atoms with Crippen molar-refractivity contribution in [1.82, 2.24) is 9.97 Å². The van der Waals surface area contributed by atoms with Gasteiger partial charge < -0.3 is 28.4 Å². The van der Waals surface area contributed by atoms with Crippen molar-refractivity contribution in [2.24, 2.45) is 0 Å². The van der Waals surface area contributed by atoms with Gasteiger partial charge in [-0.25, -0.2) is 19.6 Å². The number of carbonyl (C=O) groups is 2. The van der Waals surface area contributed by atoms with Gasteiger partial charge in [-0.05, 0) is 104 Å². The smallest absolute Gasteiger partial charge is 0.362 e. The highest BCUT2D eigenvalue weighted by molar-refractivity contribution is 7.17. The van der Waals surface area contributed by atoms with Crippen LogP contribution < -0.4 is 18.9 Å². The van der Waals surface area contributed by atoms with Gasteiger partial charge >= 0.3 is 11.9 Å². The van der Waals surface area contributed by atoms with E-state index < -0.39 is 11.9 Å². The van der Waals surface area contributed by atoms with Crippen LogP contribution in [0.15, 0.2) is 48.5 Å². The van der Waals surface area contributed by atoms with Crippen molar-refractivity contribution in [3.05, 3.63) is 59.9 Å². The molecule has 0 unspecified atom stereocenters. The summed E-state index contributed by atoms with van der Waals surface area (Å²) in [5.41, 5.74) is 2.27. The standard InChI is InChI=1S/C18H23NO4S.C16H19NO4S/c1-6-21-14-9-7-13(8-10-14)16-19-15(17(20)22-11(2)3)18(24-16)23-12(4)5;1-4-19-12-9-7-11(8-10-12)14-17-13(15(18)20-5-2)16(22-14)21-6-3/h7-12H,6H2,1-5H3;7-10H,4-6H2,1-3H3. The average Bonchev–Trinajstić information content (AvgIpc) is 3.63. The predicted molar refractivity (Wildman–Crippen MR) is 181 cm³/mol. The van der Waals surface area contributed by atoms with Crippen molar-refractivity contribution in [2.75, 3.05) is 26.4 Å². The zero-order valence-electron chi connectivity index (χ0n) is 27.6. The van der Waals surface area contributed by atoms with E-state index in [9.17, 15) is 9.59 Å². The Morgan fingerprint density at radius 2 is 1.07 bits per heavy atom. The fourth-order valence-electron chi connectivity index (χ4n) is 3.83. The van der Waals surface area contributed by atoms with Gasteiger partial charge in [-0.3, -0.25) is 0 Å². The van der Waals surface area contributed by atoms with Gasteiger partial charge in [0.2, 0.25) is 21.5 Å². The van der Waals surface area contributed by atoms with Crippen LogP contribution in [0, 0.1) is 0 Å². The van der Waals surface area contributed by atoms with Crippen molar-refractivity contribution >= 4 is 34.6 Å². The van der Waals surface area contributed by atoms with E-state index in [-0.39, 0.29) is 23.6 Å². The molecule has 0 aliphatic heterocycles. The number of hydrogen-bond acceptors (Lipinski definition) is 12. The fraction of sp³-hybridized carbons (Fsp3) is 0.412. The lowest BCUT2D eigenvalue weighted by atomic mass is 10.2. The van der Waals surface area contributed by atoms with Crippen LogP contribution in [0.3, 0.4) is 0 Å². The summed E-state index contributed by atoms with van der Waals surface area (Å²) < 4.78 is 32.4. The molecule has 0 aliphatic rings. The molecule has 0 spiro atoms. The van der Waals surface area contributed by atoms with Crippen LogP contribution in [-0.2, 0) is 9.47 Å². The zero-order valence-corrected chi connectivity index (χ0v) is 29.2. The number of thiazole rings is 2. The monoisotopic (exact) mass is 670 g/mol. The van der Waals surface area contributed by atoms with Gasteiger partial charge in [0.25, 0.3) is 0 Å². The first kappa shape index (κ1) is 36.3. The Morgan fingerprint density at radius 1 is 0.609 bits per heavy atom. The normalized spacial score (nSPS) is 10.7. The number of nitrogens with zero attached hydrogens (tertiary/aromatic N) is 2. The van der Waals surface area contributed by atoms with E-state index in [0.717, 1.165) is 27.6 Å². The topological polar surface area (TPSA) is 115 Å². The summed E-state index contributed by atoms with van der Waals surface area (Å²) in [4.78, 5) is 33.0. The molecule has 4 aromatic rings. The third kappa shape index (κ3) is 10.4. The van der Waals surface area contributed by atoms with Crippen LogP contribution in [0.1, 0.15) is 76.4 Å². The average molecular weight is 671 g/mol. The highest BCUT2D eigenvalue weighted by atomic mass is 32.1. The van der Waals surface area contributed by atoms with Crippen molar-refractivity contribution in [3.63, 3.8) is 0 Å². The first-order chi connectivity index (χ1) is 22.1. The third-order valence-corrected chi connectivity index (χ3v) is 7.65. The Kier molecular flexibility index (Phi) is 14.3. The number of aromatic nitrogens is 2. The Balaban J connectivity index is 0.000000251. The lowest BCUT2D eigenvalue weighted by Crippen LogP contribution is -2.14. The first-order valence-electron chi connectivity index (χ1n) is 15.3. The number of benzene rings is 2. The minimum absolute atomic E-state index is 0.0516. The molecule has 248 valence electrons. The van der Waals surface area contributed by atoms with Crippen LogP contribution in [0.5, 0.6) is 21.6 Å². The lowest BCUT2D eigenvalue weighted by molar-refractivity contribution is 0.0365. The first-order valence-corrected chi connectivity index (χ1v) is 16.9. The summed E-state index contributed by atoms with van der Waals surface area (Å²) in [5, 5.41) is 2.41. The van der Waals surface area contributed by atoms with Crippen molar-refractivity contribution < 1.29 is 38.0 Å². The quantitative estimate of drug-likeness (QED) is 0.121. The van der Waals surface area contributed by atoms with Crippen LogP contribution in [0.25, 0.3) is 21.1 Å². The maximum absolute atomic E-state index is 12.3. The van der Waals surface area contributed by atoms with E-state index >= 15 is 0 Å². The predicted octanol–water partition coefficient (Wildman–Crippen LogP) is 8.35. The molecule has 12 heteroatoms. The fourth-order valence-corrected chi connectivity index (χ4v) is 5.83. The Hall–Kier alpha value is -4.16. The molecular formula is C34H42N2O8S2. The second kappa shape index (κ2) is 18.1. The van der Waals surface area contributed by atoms with Crippen molar-refractivity contribution in [3.8, 4) is 42.8 Å². The molecule has 0 aliphatic carbocycles. The Labute approximate surface area is 278 Å². The summed E-state index contributed by atoms with van der Waals surface area (Å²) in [6, 6.07) is 15.2. The van der Waals surface area contributed by atoms with E-state index in [0.29, 0.717) is 41.6 Å². The highest BCUT2D eigenvalue weighted by Gasteiger charge is 2.24. The van der Waals surface area contributed by atoms with E-state index in [2.05, 4.69) is 9.97 Å². The highest BCUT2D eigenvalue weighted by Crippen LogP contribution is 2.37. The summed E-state index contributed by atoms with van der Waals surface area (Å²) in [7, 11) is 0. The van der Waals surface area contributed by atoms with Gasteiger partial charge in [-0.2, -0.15) is 0 Å². The maximum Gasteiger partial charge on any atom is 0.362 e. The van der Waals surface area contributed by atoms with E-state index in [1.807, 2.05) is 83.1 Å². The molecule has 0 radical (unpaired) electrons. The summed E-state index contributed by atoms with van der Waals surface area (Å²) >= 11 is 2.68. The van der Waals surface area contributed by atoms with E-state index in [1.165, 1.54) is 22.7 Å². The van der Waals surface area contributed by atoms with Crippen molar-refractivity contribution in [1.29, 1.82) is 0 Å². The van der Waals surface area contributed by atoms with Crippen LogP contribution in [-0.4, -0.2) is 60.5 Å². The molecule has 2 aromatic heterocycles. The molecule has 46 heavy (non-hydrogen) atoms. The molecule has 0 bridgehead atoms. The number of carbonyl (C=O) groups excluding carboxylic acids is 2. The molecule has 0 N–H and O–H groups in total. The molecule has 2 heterocycles. The number of hydrogen-bond donors (Lipinski definition) is 0. The minimum atomic E-state index is -0.464. The molecule has 0 atom stereocenters. The van der Waals surface area contributed by atoms with E-state index in [1.54, 1.807) is 20.8 Å². The summed E-state index contributed by atoms with van der Waals surface area (Å²) in [5.74, 6) is 0.683. The number of ether oxygens (including phenoxy) is 6. The molecule has 2 aromatic carbocycles. The van der Waals surface area contributed by atoms with Gasteiger partial charge in [-0.1, -0.05) is 22.7 Å². The largest absolute Gasteiger partial charge is 0.494 e. The summed E-state index contributed by atoms with van der Waals surface area (Å²) in [6.07, 6.45) is -0.260. The minimum Gasteiger partial charge on any atom is -0.494 e. The SMILES string of the molecule is CCOC(=O)c1nc(-c2ccc(OCC)cc2)sc1OCC.CCOc1ccc(-c2nc(C(=O)OC(C)C)c(OC(C)C)s2)cc1. The molecular weight excluding hydrogens is 629 g/mol. The number of esters is 2. The third-order valence-electron chi connectivity index (χ3n) is 5.64. The maximum atomic E-state index is 12.3. The van der Waals surface area contributed by atoms with E-state index in [4.69, 9.17) is 28.4 Å². The molecule has 0 amide bonds. The Bertz CT molecular complexity index is 1530. The molecule has 0 fully saturated rings. The van der Waals surface area contributed by atoms with Crippen LogP contribution in [0.4, 0.5) is 0 Å². The van der Waals surface area contributed by atoms with Gasteiger partial charge in [-0.15, -0.1) is 0 Å². The number of rotatable bonds is 14. The van der Waals surface area contributed by atoms with Gasteiger partial charge in [0.05, 0.1) is 38.6 Å². The van der Waals surface area contributed by atoms with Gasteiger partial charge in [0.15, 0.2) is 0 Å². The second-order valence-electron chi connectivity index (χ2n) is 10.00. The van der Waals surface area contributed by atoms with Crippen molar-refractivity contribution in [2.45, 2.75) is 67.6 Å². The van der Waals surface area contributed by atoms with Crippen LogP contribution >= 0.6 is 22.7 Å².